The van der Waals surface area contributed by atoms with Gasteiger partial charge in [-0.15, -0.1) is 16.4 Å². The van der Waals surface area contributed by atoms with Crippen molar-refractivity contribution in [3.63, 3.8) is 0 Å². The summed E-state index contributed by atoms with van der Waals surface area (Å²) in [5, 5.41) is 12.1. The first-order chi connectivity index (χ1) is 11.0. The maximum absolute atomic E-state index is 12.6. The van der Waals surface area contributed by atoms with Gasteiger partial charge in [-0.05, 0) is 53.0 Å². The van der Waals surface area contributed by atoms with Gasteiger partial charge in [0.05, 0.1) is 10.9 Å². The number of aromatic nitrogens is 4. The fourth-order valence-electron chi connectivity index (χ4n) is 3.74. The predicted octanol–water partition coefficient (Wildman–Crippen LogP) is 0.972. The summed E-state index contributed by atoms with van der Waals surface area (Å²) >= 11 is 1.16. The van der Waals surface area contributed by atoms with Gasteiger partial charge in [0.15, 0.2) is 0 Å². The van der Waals surface area contributed by atoms with Crippen LogP contribution in [0.25, 0.3) is 5.69 Å². The Hall–Kier alpha value is -1.81. The van der Waals surface area contributed by atoms with Gasteiger partial charge in [0.1, 0.15) is 11.2 Å². The molecular formula is C13H15N5O3S2. The van der Waals surface area contributed by atoms with E-state index in [1.54, 1.807) is 11.4 Å². The first kappa shape index (κ1) is 14.8. The Labute approximate surface area is 136 Å². The minimum atomic E-state index is -3.66. The molecule has 2 aliphatic rings. The molecule has 4 rings (SSSR count). The molecule has 1 amide bonds. The number of nitrogens with zero attached hydrogens (tertiary/aromatic N) is 4. The van der Waals surface area contributed by atoms with Crippen LogP contribution in [0.4, 0.5) is 0 Å². The molecule has 23 heavy (non-hydrogen) atoms. The number of hydrogen-bond acceptors (Lipinski definition) is 7. The van der Waals surface area contributed by atoms with Crippen molar-refractivity contribution in [2.75, 3.05) is 0 Å². The van der Waals surface area contributed by atoms with Crippen LogP contribution in [0.2, 0.25) is 0 Å². The van der Waals surface area contributed by atoms with Crippen LogP contribution in [0, 0.1) is 11.8 Å². The molecule has 0 saturated heterocycles. The highest BCUT2D eigenvalue weighted by atomic mass is 32.2. The lowest BCUT2D eigenvalue weighted by molar-refractivity contribution is 0.0984. The zero-order valence-electron chi connectivity index (χ0n) is 12.1. The summed E-state index contributed by atoms with van der Waals surface area (Å²) in [7, 11) is -3.66. The second-order valence-electron chi connectivity index (χ2n) is 6.08. The average Bonchev–Trinajstić information content (AvgIpc) is 3.27. The second-order valence-corrected chi connectivity index (χ2v) is 8.89. The normalized spacial score (nSPS) is 26.5. The second kappa shape index (κ2) is 5.38. The van der Waals surface area contributed by atoms with Crippen molar-refractivity contribution in [2.45, 2.75) is 30.9 Å². The lowest BCUT2D eigenvalue weighted by Crippen LogP contribution is -2.40. The van der Waals surface area contributed by atoms with Gasteiger partial charge in [-0.3, -0.25) is 4.79 Å². The molecule has 2 aromatic heterocycles. The molecule has 1 unspecified atom stereocenters. The van der Waals surface area contributed by atoms with Crippen molar-refractivity contribution < 1.29 is 13.2 Å². The Morgan fingerprint density at radius 2 is 2.22 bits per heavy atom. The van der Waals surface area contributed by atoms with E-state index in [9.17, 15) is 13.2 Å². The highest BCUT2D eigenvalue weighted by molar-refractivity contribution is 7.90. The molecule has 1 N–H and O–H groups in total. The van der Waals surface area contributed by atoms with E-state index in [0.29, 0.717) is 18.0 Å². The summed E-state index contributed by atoms with van der Waals surface area (Å²) in [5.74, 6) is 0.0658. The van der Waals surface area contributed by atoms with Crippen molar-refractivity contribution in [3.05, 3.63) is 22.7 Å². The highest BCUT2D eigenvalue weighted by Gasteiger charge is 2.46. The lowest BCUT2D eigenvalue weighted by atomic mass is 10.0. The molecule has 2 aliphatic carbocycles. The van der Waals surface area contributed by atoms with Gasteiger partial charge < -0.3 is 0 Å². The van der Waals surface area contributed by atoms with Crippen molar-refractivity contribution in [1.29, 1.82) is 0 Å². The monoisotopic (exact) mass is 353 g/mol. The van der Waals surface area contributed by atoms with E-state index in [4.69, 9.17) is 0 Å². The smallest absolute Gasteiger partial charge is 0.267 e. The summed E-state index contributed by atoms with van der Waals surface area (Å²) in [5.41, 5.74) is 0.473. The molecule has 2 saturated carbocycles. The van der Waals surface area contributed by atoms with Gasteiger partial charge >= 0.3 is 0 Å². The van der Waals surface area contributed by atoms with Gasteiger partial charge in [-0.2, -0.15) is 4.68 Å². The maximum atomic E-state index is 12.6. The van der Waals surface area contributed by atoms with Gasteiger partial charge in [-0.1, -0.05) is 6.42 Å². The van der Waals surface area contributed by atoms with Crippen LogP contribution >= 0.6 is 11.3 Å². The number of amides is 1. The molecule has 2 aromatic rings. The summed E-state index contributed by atoms with van der Waals surface area (Å²) in [4.78, 5) is 12.7. The number of sulfonamides is 1. The lowest BCUT2D eigenvalue weighted by Gasteiger charge is -2.21. The van der Waals surface area contributed by atoms with Crippen molar-refractivity contribution in [1.82, 2.24) is 24.9 Å². The quantitative estimate of drug-likeness (QED) is 0.878. The molecular weight excluding hydrogens is 338 g/mol. The molecule has 122 valence electrons. The Morgan fingerprint density at radius 3 is 2.87 bits per heavy atom. The molecule has 10 heteroatoms. The van der Waals surface area contributed by atoms with E-state index in [-0.39, 0.29) is 10.8 Å². The molecule has 0 aliphatic heterocycles. The van der Waals surface area contributed by atoms with Crippen molar-refractivity contribution in [3.8, 4) is 5.69 Å². The zero-order valence-corrected chi connectivity index (χ0v) is 13.8. The van der Waals surface area contributed by atoms with Crippen molar-refractivity contribution >= 4 is 27.3 Å². The van der Waals surface area contributed by atoms with E-state index in [0.717, 1.165) is 30.6 Å². The van der Waals surface area contributed by atoms with Crippen LogP contribution in [0.5, 0.6) is 0 Å². The third kappa shape index (κ3) is 2.55. The summed E-state index contributed by atoms with van der Waals surface area (Å²) in [6.45, 7) is 0. The molecule has 3 atom stereocenters. The standard InChI is InChI=1S/C13H15N5O3S2/c19-13(12-10(3-4-22-12)18-7-14-16-17-18)15-23(20,21)11-6-8-1-2-9(11)5-8/h3-4,7-9,11H,1-2,5-6H2,(H,15,19)/t8-,9+,11?/m1/s1. The largest absolute Gasteiger partial charge is 0.277 e. The number of thiophene rings is 1. The van der Waals surface area contributed by atoms with Crippen molar-refractivity contribution in [2.24, 2.45) is 11.8 Å². The topological polar surface area (TPSA) is 107 Å². The Morgan fingerprint density at radius 1 is 1.35 bits per heavy atom. The fraction of sp³-hybridized carbons (Fsp3) is 0.538. The molecule has 0 radical (unpaired) electrons. The number of nitrogens with one attached hydrogen (secondary N) is 1. The van der Waals surface area contributed by atoms with Crippen LogP contribution in [0.1, 0.15) is 35.4 Å². The Balaban J connectivity index is 1.56. The molecule has 0 aromatic carbocycles. The summed E-state index contributed by atoms with van der Waals surface area (Å²) < 4.78 is 28.7. The van der Waals surface area contributed by atoms with Crippen LogP contribution in [0.3, 0.4) is 0 Å². The average molecular weight is 353 g/mol. The number of tetrazole rings is 1. The van der Waals surface area contributed by atoms with Crippen LogP contribution in [-0.2, 0) is 10.0 Å². The fourth-order valence-corrected chi connectivity index (χ4v) is 6.37. The molecule has 2 heterocycles. The third-order valence-electron chi connectivity index (χ3n) is 4.75. The molecule has 0 spiro atoms. The van der Waals surface area contributed by atoms with E-state index in [1.165, 1.54) is 11.0 Å². The van der Waals surface area contributed by atoms with E-state index >= 15 is 0 Å². The van der Waals surface area contributed by atoms with E-state index in [2.05, 4.69) is 20.2 Å². The number of fused-ring (bicyclic) bond motifs is 2. The van der Waals surface area contributed by atoms with Gasteiger partial charge in [-0.25, -0.2) is 13.1 Å². The SMILES string of the molecule is O=C(NS(=O)(=O)C1C[C@@H]2CC[C@H]1C2)c1sccc1-n1cnnn1. The van der Waals surface area contributed by atoms with Crippen LogP contribution < -0.4 is 4.72 Å². The van der Waals surface area contributed by atoms with E-state index < -0.39 is 21.2 Å². The maximum Gasteiger partial charge on any atom is 0.277 e. The van der Waals surface area contributed by atoms with Crippen LogP contribution in [-0.4, -0.2) is 39.8 Å². The first-order valence-corrected chi connectivity index (χ1v) is 9.84. The number of hydrogen-bond donors (Lipinski definition) is 1. The van der Waals surface area contributed by atoms with E-state index in [1.807, 2.05) is 0 Å². The Bertz CT molecular complexity index is 830. The minimum absolute atomic E-state index is 0.188. The number of carbonyl (C=O) groups is 1. The first-order valence-electron chi connectivity index (χ1n) is 7.41. The van der Waals surface area contributed by atoms with Crippen LogP contribution in [0.15, 0.2) is 17.8 Å². The number of rotatable bonds is 4. The molecule has 2 fully saturated rings. The third-order valence-corrected chi connectivity index (χ3v) is 7.50. The van der Waals surface area contributed by atoms with Gasteiger partial charge in [0.25, 0.3) is 5.91 Å². The summed E-state index contributed by atoms with van der Waals surface area (Å²) in [6.07, 6.45) is 5.05. The number of carbonyl (C=O) groups excluding carboxylic acids is 1. The molecule has 2 bridgehead atoms. The minimum Gasteiger partial charge on any atom is -0.267 e. The molecule has 8 nitrogen and oxygen atoms in total. The highest BCUT2D eigenvalue weighted by Crippen LogP contribution is 2.47. The zero-order chi connectivity index (χ0) is 16.0. The predicted molar refractivity (Wildman–Crippen MR) is 82.7 cm³/mol. The van der Waals surface area contributed by atoms with Gasteiger partial charge in [0.2, 0.25) is 10.0 Å². The summed E-state index contributed by atoms with van der Waals surface area (Å²) in [6, 6.07) is 1.68. The Kier molecular flexibility index (Phi) is 3.45. The van der Waals surface area contributed by atoms with Gasteiger partial charge in [0, 0.05) is 0 Å².